The van der Waals surface area contributed by atoms with Crippen molar-refractivity contribution in [2.75, 3.05) is 37.7 Å². The minimum absolute atomic E-state index is 0.00477. The van der Waals surface area contributed by atoms with E-state index in [4.69, 9.17) is 45.9 Å². The third kappa shape index (κ3) is 31.9. The topological polar surface area (TPSA) is 611 Å². The maximum atomic E-state index is 14.9. The fourth-order valence-corrected chi connectivity index (χ4v) is 11.5. The molecule has 0 aromatic heterocycles. The highest BCUT2D eigenvalue weighted by molar-refractivity contribution is 8.76. The summed E-state index contributed by atoms with van der Waals surface area (Å²) in [6, 6.07) is -8.31. The number of nitrogens with one attached hydrogen (secondary N) is 10. The van der Waals surface area contributed by atoms with Gasteiger partial charge < -0.3 is 109 Å². The summed E-state index contributed by atoms with van der Waals surface area (Å²) in [7, 11) is 1.82. The van der Waals surface area contributed by atoms with Crippen molar-refractivity contribution >= 4 is 110 Å². The van der Waals surface area contributed by atoms with Crippen LogP contribution >= 0.6 is 21.6 Å². The lowest BCUT2D eigenvalue weighted by atomic mass is 9.96. The predicted molar refractivity (Wildman–Crippen MR) is 359 cm³/mol. The Balaban J connectivity index is 2.98. The van der Waals surface area contributed by atoms with Crippen LogP contribution in [0.3, 0.4) is 0 Å². The summed E-state index contributed by atoms with van der Waals surface area (Å²) < 4.78 is 0. The van der Waals surface area contributed by atoms with Gasteiger partial charge in [-0.25, -0.2) is 4.79 Å². The molecule has 0 saturated carbocycles. The quantitative estimate of drug-likeness (QED) is 0.0143. The van der Waals surface area contributed by atoms with Crippen molar-refractivity contribution in [1.82, 2.24) is 53.2 Å². The van der Waals surface area contributed by atoms with Gasteiger partial charge >= 0.3 is 11.9 Å². The molecule has 1 heterocycles. The lowest BCUT2D eigenvalue weighted by Crippen LogP contribution is -2.62. The number of nitrogens with zero attached hydrogens (tertiary/aromatic N) is 3. The van der Waals surface area contributed by atoms with Gasteiger partial charge in [0.15, 0.2) is 17.9 Å². The van der Waals surface area contributed by atoms with Crippen molar-refractivity contribution in [1.29, 1.82) is 0 Å². The summed E-state index contributed by atoms with van der Waals surface area (Å²) in [6.45, 7) is 8.10. The lowest BCUT2D eigenvalue weighted by Gasteiger charge is -2.30. The fourth-order valence-electron chi connectivity index (χ4n) is 9.19. The molecule has 10 amide bonds. The van der Waals surface area contributed by atoms with Crippen molar-refractivity contribution in [3.8, 4) is 0 Å². The van der Waals surface area contributed by atoms with E-state index in [1.54, 1.807) is 58.0 Å². The summed E-state index contributed by atoms with van der Waals surface area (Å²) in [6.07, 6.45) is 0.0400. The van der Waals surface area contributed by atoms with E-state index in [2.05, 4.69) is 68.1 Å². The molecular weight excluding hydrogens is 1280 g/mol. The summed E-state index contributed by atoms with van der Waals surface area (Å²) in [4.78, 5) is 181. The van der Waals surface area contributed by atoms with Gasteiger partial charge in [0.25, 0.3) is 0 Å². The van der Waals surface area contributed by atoms with E-state index in [0.717, 1.165) is 21.6 Å². The highest BCUT2D eigenvalue weighted by Crippen LogP contribution is 2.24. The van der Waals surface area contributed by atoms with Crippen LogP contribution in [0.5, 0.6) is 0 Å². The molecule has 28 N–H and O–H groups in total. The SMILES string of the molecule is CC[C@H](C)[C@@H]1NC(=O)[C@H](CCCN=C(N)N)NC(=O)C(CC(=O)O)NC(=O)[C@H]([C@@H](C)CC)NC(=O)[C@H](CCCN=C(N)N)NC(=O)[C@@H](C)NC(=O)[C@@H](NC(=O)[C@@H](N)CCCCN)CSSCC(C(=O)N[C@@H](Cc2ccccc2)C(=O)N[C@@H](CCCN=C(N)N)C(=O)O)NC1=O. The molecule has 35 nitrogen and oxygen atoms in total. The summed E-state index contributed by atoms with van der Waals surface area (Å²) >= 11 is 0. The van der Waals surface area contributed by atoms with Gasteiger partial charge in [0, 0.05) is 37.6 Å². The number of guanidine groups is 3. The molecular formula is C58H99N21O14S2. The highest BCUT2D eigenvalue weighted by Gasteiger charge is 2.38. The van der Waals surface area contributed by atoms with Crippen molar-refractivity contribution < 1.29 is 67.7 Å². The third-order valence-corrected chi connectivity index (χ3v) is 17.5. The number of carbonyl (C=O) groups is 12. The van der Waals surface area contributed by atoms with E-state index in [1.165, 1.54) is 6.92 Å². The minimum Gasteiger partial charge on any atom is -0.481 e. The van der Waals surface area contributed by atoms with Gasteiger partial charge in [-0.2, -0.15) is 0 Å². The standard InChI is InChI=1S/C58H99N21O14S2/c1-6-30(3)43-53(90)75-39(27-42(80)81)50(87)72-36(20-14-24-68-57(63)64)48(85)79-44(31(4)7-2)54(91)77-41(52(89)74-38(26-33-16-9-8-10-17-33)49(86)73-37(55(92)93)21-15-25-69-58(65)66)29-95-94-28-40(76-46(83)34(60)18-11-12-22-59)51(88)70-32(5)45(82)71-35(47(84)78-43)19-13-23-67-56(61)62/h8-10,16-17,30-32,34-41,43-44H,6-7,11-15,18-29,59-60H2,1-5H3,(H,70,88)(H,71,82)(H,72,87)(H,73,86)(H,74,89)(H,75,90)(H,76,83)(H,77,91)(H,78,84)(H,79,85)(H,80,81)(H,92,93)(H4,61,62,67)(H4,63,64,68)(H4,65,66,69)/t30-,31-,32+,34-,35-,36-,37-,38-,39?,40-,41?,43-,44-/m0/s1. The molecule has 2 rings (SSSR count). The Hall–Kier alpha value is -8.71. The molecule has 0 spiro atoms. The van der Waals surface area contributed by atoms with Gasteiger partial charge in [0.2, 0.25) is 59.1 Å². The summed E-state index contributed by atoms with van der Waals surface area (Å²) in [5, 5.41) is 46.0. The lowest BCUT2D eigenvalue weighted by molar-refractivity contribution is -0.142. The zero-order valence-electron chi connectivity index (χ0n) is 54.4. The second-order valence-corrected chi connectivity index (χ2v) is 25.4. The first-order valence-corrected chi connectivity index (χ1v) is 33.8. The third-order valence-electron chi connectivity index (χ3n) is 15.1. The molecule has 532 valence electrons. The first-order chi connectivity index (χ1) is 44.9. The number of rotatable bonds is 31. The van der Waals surface area contributed by atoms with E-state index in [0.29, 0.717) is 24.9 Å². The molecule has 1 fully saturated rings. The van der Waals surface area contributed by atoms with E-state index >= 15 is 0 Å². The normalized spacial score (nSPS) is 22.2. The van der Waals surface area contributed by atoms with Crippen molar-refractivity contribution in [2.45, 2.75) is 185 Å². The molecule has 2 unspecified atom stereocenters. The molecule has 37 heteroatoms. The highest BCUT2D eigenvalue weighted by atomic mass is 33.1. The number of unbranched alkanes of at least 4 members (excludes halogenated alkanes) is 1. The number of carbonyl (C=O) groups excluding carboxylic acids is 10. The molecule has 1 aliphatic heterocycles. The van der Waals surface area contributed by atoms with Gasteiger partial charge in [0.1, 0.15) is 60.4 Å². The van der Waals surface area contributed by atoms with Crippen LogP contribution in [0.15, 0.2) is 45.3 Å². The van der Waals surface area contributed by atoms with Crippen molar-refractivity contribution in [3.63, 3.8) is 0 Å². The Morgan fingerprint density at radius 3 is 1.58 bits per heavy atom. The van der Waals surface area contributed by atoms with E-state index in [9.17, 15) is 67.7 Å². The second kappa shape index (κ2) is 44.0. The zero-order chi connectivity index (χ0) is 71.3. The molecule has 1 aromatic rings. The average Bonchev–Trinajstić information content (AvgIpc) is 0.973. The smallest absolute Gasteiger partial charge is 0.326 e. The average molecular weight is 1380 g/mol. The Kier molecular flexibility index (Phi) is 38.2. The maximum Gasteiger partial charge on any atom is 0.326 e. The van der Waals surface area contributed by atoms with E-state index in [-0.39, 0.29) is 113 Å². The largest absolute Gasteiger partial charge is 0.481 e. The van der Waals surface area contributed by atoms with Crippen LogP contribution in [0, 0.1) is 11.8 Å². The van der Waals surface area contributed by atoms with Crippen molar-refractivity contribution in [3.05, 3.63) is 35.9 Å². The number of amides is 10. The Labute approximate surface area is 559 Å². The number of carboxylic acid groups (broad SMARTS) is 2. The Morgan fingerprint density at radius 1 is 0.579 bits per heavy atom. The molecule has 0 bridgehead atoms. The Morgan fingerprint density at radius 2 is 1.07 bits per heavy atom. The van der Waals surface area contributed by atoms with Gasteiger partial charge in [0.05, 0.1) is 12.5 Å². The molecule has 1 saturated heterocycles. The first-order valence-electron chi connectivity index (χ1n) is 31.3. The zero-order valence-corrected chi connectivity index (χ0v) is 56.0. The minimum atomic E-state index is -1.92. The second-order valence-electron chi connectivity index (χ2n) is 22.8. The number of hydrogen-bond acceptors (Lipinski definition) is 19. The molecule has 1 aromatic carbocycles. The first kappa shape index (κ1) is 82.4. The molecule has 13 atom stereocenters. The fraction of sp³-hybridized carbons (Fsp3) is 0.638. The molecule has 0 radical (unpaired) electrons. The van der Waals surface area contributed by atoms with Crippen LogP contribution in [0.1, 0.15) is 117 Å². The number of aliphatic imine (C=N–C) groups is 3. The monoisotopic (exact) mass is 1380 g/mol. The summed E-state index contributed by atoms with van der Waals surface area (Å²) in [5.74, 6) is -15.6. The number of carboxylic acids is 2. The van der Waals surface area contributed by atoms with Crippen LogP contribution in [0.4, 0.5) is 0 Å². The van der Waals surface area contributed by atoms with Crippen LogP contribution in [0.25, 0.3) is 0 Å². The van der Waals surface area contributed by atoms with Crippen LogP contribution < -0.4 is 99.0 Å². The number of hydrogen-bond donors (Lipinski definition) is 20. The van der Waals surface area contributed by atoms with Gasteiger partial charge in [-0.15, -0.1) is 0 Å². The van der Waals surface area contributed by atoms with Crippen LogP contribution in [-0.2, 0) is 64.0 Å². The molecule has 95 heavy (non-hydrogen) atoms. The van der Waals surface area contributed by atoms with Crippen LogP contribution in [-0.4, -0.2) is 203 Å². The number of nitrogens with two attached hydrogens (primary N) is 8. The summed E-state index contributed by atoms with van der Waals surface area (Å²) in [5.41, 5.74) is 45.5. The van der Waals surface area contributed by atoms with Gasteiger partial charge in [-0.05, 0) is 82.2 Å². The van der Waals surface area contributed by atoms with Gasteiger partial charge in [-0.3, -0.25) is 67.7 Å². The van der Waals surface area contributed by atoms with E-state index < -0.39 is 156 Å². The number of benzene rings is 1. The van der Waals surface area contributed by atoms with Gasteiger partial charge in [-0.1, -0.05) is 98.9 Å². The maximum absolute atomic E-state index is 14.9. The van der Waals surface area contributed by atoms with E-state index in [1.807, 2.05) is 0 Å². The molecule has 0 aliphatic carbocycles. The predicted octanol–water partition coefficient (Wildman–Crippen LogP) is -5.24. The Bertz CT molecular complexity index is 2810. The molecule has 1 aliphatic rings. The number of aliphatic carboxylic acids is 2. The van der Waals surface area contributed by atoms with Crippen molar-refractivity contribution in [2.24, 2.45) is 72.7 Å². The van der Waals surface area contributed by atoms with Crippen LogP contribution in [0.2, 0.25) is 0 Å².